The van der Waals surface area contributed by atoms with Gasteiger partial charge in [0.15, 0.2) is 11.9 Å². The van der Waals surface area contributed by atoms with E-state index in [1.807, 2.05) is 24.3 Å². The van der Waals surface area contributed by atoms with Crippen LogP contribution in [-0.4, -0.2) is 61.2 Å². The zero-order chi connectivity index (χ0) is 22.5. The lowest BCUT2D eigenvalue weighted by Gasteiger charge is -2.20. The maximum absolute atomic E-state index is 12.5. The SMILES string of the molecule is C[C@@H](O)[C@H](NC(=O)N[C@@H](Cc1c[nH]c2ccccc12)c1nc([C@@H](N)CO)no1)C(=O)O. The molecule has 12 heteroatoms. The van der Waals surface area contributed by atoms with Crippen molar-refractivity contribution < 1.29 is 29.4 Å². The van der Waals surface area contributed by atoms with Gasteiger partial charge in [-0.05, 0) is 18.6 Å². The third kappa shape index (κ3) is 5.17. The minimum absolute atomic E-state index is 0.0308. The summed E-state index contributed by atoms with van der Waals surface area (Å²) in [4.78, 5) is 31.0. The summed E-state index contributed by atoms with van der Waals surface area (Å²) in [6.45, 7) is 0.859. The summed E-state index contributed by atoms with van der Waals surface area (Å²) in [5, 5.41) is 37.5. The number of carboxylic acid groups (broad SMARTS) is 1. The van der Waals surface area contributed by atoms with E-state index >= 15 is 0 Å². The Hall–Kier alpha value is -3.48. The first kappa shape index (κ1) is 22.2. The fourth-order valence-corrected chi connectivity index (χ4v) is 3.07. The van der Waals surface area contributed by atoms with Gasteiger partial charge in [0.2, 0.25) is 5.89 Å². The molecule has 0 bridgehead atoms. The lowest BCUT2D eigenvalue weighted by molar-refractivity contribution is -0.141. The first-order chi connectivity index (χ1) is 14.8. The van der Waals surface area contributed by atoms with Gasteiger partial charge in [0, 0.05) is 23.5 Å². The number of aliphatic carboxylic acids is 1. The second kappa shape index (κ2) is 9.55. The Bertz CT molecular complexity index is 1050. The summed E-state index contributed by atoms with van der Waals surface area (Å²) in [5.74, 6) is -1.29. The van der Waals surface area contributed by atoms with Crippen LogP contribution in [0.3, 0.4) is 0 Å². The number of hydrogen-bond acceptors (Lipinski definition) is 8. The number of aromatic amines is 1. The quantitative estimate of drug-likeness (QED) is 0.242. The molecule has 0 fully saturated rings. The predicted molar refractivity (Wildman–Crippen MR) is 108 cm³/mol. The molecule has 0 saturated heterocycles. The Morgan fingerprint density at radius 2 is 2.03 bits per heavy atom. The number of nitrogens with one attached hydrogen (secondary N) is 3. The van der Waals surface area contributed by atoms with E-state index in [1.54, 1.807) is 6.20 Å². The van der Waals surface area contributed by atoms with Gasteiger partial charge in [0.05, 0.1) is 18.8 Å². The average molecular weight is 432 g/mol. The number of amides is 2. The fraction of sp³-hybridized carbons (Fsp3) is 0.368. The smallest absolute Gasteiger partial charge is 0.328 e. The molecule has 0 aliphatic carbocycles. The van der Waals surface area contributed by atoms with Crippen LogP contribution in [0.25, 0.3) is 10.9 Å². The molecule has 0 radical (unpaired) electrons. The van der Waals surface area contributed by atoms with E-state index < -0.39 is 42.8 Å². The number of nitrogens with zero attached hydrogens (tertiary/aromatic N) is 2. The molecule has 2 heterocycles. The van der Waals surface area contributed by atoms with Gasteiger partial charge < -0.3 is 41.2 Å². The number of aliphatic hydroxyl groups is 2. The van der Waals surface area contributed by atoms with Crippen molar-refractivity contribution in [3.8, 4) is 0 Å². The molecule has 3 rings (SSSR count). The largest absolute Gasteiger partial charge is 0.480 e. The van der Waals surface area contributed by atoms with Crippen LogP contribution in [0.4, 0.5) is 4.79 Å². The highest BCUT2D eigenvalue weighted by Crippen LogP contribution is 2.24. The van der Waals surface area contributed by atoms with Gasteiger partial charge in [-0.2, -0.15) is 4.98 Å². The van der Waals surface area contributed by atoms with Crippen molar-refractivity contribution in [2.24, 2.45) is 5.73 Å². The number of fused-ring (bicyclic) bond motifs is 1. The number of carbonyl (C=O) groups is 2. The number of H-pyrrole nitrogens is 1. The van der Waals surface area contributed by atoms with Crippen LogP contribution in [-0.2, 0) is 11.2 Å². The first-order valence-corrected chi connectivity index (χ1v) is 9.53. The van der Waals surface area contributed by atoms with Gasteiger partial charge in [0.1, 0.15) is 6.04 Å². The Balaban J connectivity index is 1.86. The second-order valence-electron chi connectivity index (χ2n) is 7.07. The summed E-state index contributed by atoms with van der Waals surface area (Å²) in [6.07, 6.45) is 0.705. The van der Waals surface area contributed by atoms with E-state index in [4.69, 9.17) is 10.3 Å². The van der Waals surface area contributed by atoms with Gasteiger partial charge in [0.25, 0.3) is 0 Å². The average Bonchev–Trinajstić information content (AvgIpc) is 3.38. The highest BCUT2D eigenvalue weighted by Gasteiger charge is 2.29. The van der Waals surface area contributed by atoms with E-state index in [2.05, 4.69) is 25.8 Å². The number of aromatic nitrogens is 3. The number of carbonyl (C=O) groups excluding carboxylic acids is 1. The lowest BCUT2D eigenvalue weighted by atomic mass is 10.0. The molecule has 31 heavy (non-hydrogen) atoms. The maximum Gasteiger partial charge on any atom is 0.328 e. The van der Waals surface area contributed by atoms with E-state index in [-0.39, 0.29) is 18.1 Å². The molecule has 8 N–H and O–H groups in total. The zero-order valence-corrected chi connectivity index (χ0v) is 16.6. The molecule has 166 valence electrons. The zero-order valence-electron chi connectivity index (χ0n) is 16.6. The van der Waals surface area contributed by atoms with E-state index in [0.29, 0.717) is 0 Å². The Kier molecular flexibility index (Phi) is 6.84. The minimum Gasteiger partial charge on any atom is -0.480 e. The van der Waals surface area contributed by atoms with Crippen LogP contribution in [0, 0.1) is 0 Å². The molecule has 4 atom stereocenters. The van der Waals surface area contributed by atoms with Crippen LogP contribution in [0.15, 0.2) is 35.0 Å². The standard InChI is InChI=1S/C19H24N6O6/c1-9(27)15(18(28)29)23-19(30)22-14(17-24-16(25-31-17)12(20)8-26)6-10-7-21-13-5-3-2-4-11(10)13/h2-5,7,9,12,14-15,21,26-27H,6,8,20H2,1H3,(H,28,29)(H2,22,23,30)/t9-,12+,14+,15+/m1/s1. The van der Waals surface area contributed by atoms with Gasteiger partial charge >= 0.3 is 12.0 Å². The van der Waals surface area contributed by atoms with Crippen LogP contribution in [0.2, 0.25) is 0 Å². The molecule has 3 aromatic rings. The summed E-state index contributed by atoms with van der Waals surface area (Å²) < 4.78 is 5.24. The number of hydrogen-bond donors (Lipinski definition) is 7. The van der Waals surface area contributed by atoms with Crippen LogP contribution in [0.1, 0.15) is 36.3 Å². The number of aliphatic hydroxyl groups excluding tert-OH is 2. The summed E-state index contributed by atoms with van der Waals surface area (Å²) in [7, 11) is 0. The predicted octanol–water partition coefficient (Wildman–Crippen LogP) is -0.0400. The van der Waals surface area contributed by atoms with Crippen molar-refractivity contribution in [3.05, 3.63) is 47.7 Å². The monoisotopic (exact) mass is 432 g/mol. The highest BCUT2D eigenvalue weighted by atomic mass is 16.5. The topological polar surface area (TPSA) is 200 Å². The summed E-state index contributed by atoms with van der Waals surface area (Å²) in [6, 6.07) is 3.53. The van der Waals surface area contributed by atoms with Gasteiger partial charge in [-0.1, -0.05) is 23.4 Å². The second-order valence-corrected chi connectivity index (χ2v) is 7.07. The third-order valence-corrected chi connectivity index (χ3v) is 4.72. The first-order valence-electron chi connectivity index (χ1n) is 9.53. The van der Waals surface area contributed by atoms with Crippen molar-refractivity contribution >= 4 is 22.9 Å². The molecule has 12 nitrogen and oxygen atoms in total. The molecule has 2 amide bonds. The molecule has 1 aromatic carbocycles. The molecule has 0 aliphatic rings. The molecule has 2 aromatic heterocycles. The number of nitrogens with two attached hydrogens (primary N) is 1. The molecule has 0 aliphatic heterocycles. The van der Waals surface area contributed by atoms with Crippen molar-refractivity contribution in [1.29, 1.82) is 0 Å². The number of urea groups is 1. The van der Waals surface area contributed by atoms with Crippen LogP contribution < -0.4 is 16.4 Å². The number of rotatable bonds is 9. The number of para-hydroxylation sites is 1. The minimum atomic E-state index is -1.50. The Morgan fingerprint density at radius 3 is 2.71 bits per heavy atom. The van der Waals surface area contributed by atoms with E-state index in [0.717, 1.165) is 16.5 Å². The number of benzene rings is 1. The molecular weight excluding hydrogens is 408 g/mol. The Labute approximate surface area is 176 Å². The number of carboxylic acids is 1. The maximum atomic E-state index is 12.5. The summed E-state index contributed by atoms with van der Waals surface area (Å²) >= 11 is 0. The molecule has 0 unspecified atom stereocenters. The highest BCUT2D eigenvalue weighted by molar-refractivity contribution is 5.84. The van der Waals surface area contributed by atoms with Crippen molar-refractivity contribution in [2.45, 2.75) is 37.6 Å². The van der Waals surface area contributed by atoms with Crippen molar-refractivity contribution in [3.63, 3.8) is 0 Å². The van der Waals surface area contributed by atoms with E-state index in [1.165, 1.54) is 6.92 Å². The van der Waals surface area contributed by atoms with Gasteiger partial charge in [-0.3, -0.25) is 0 Å². The van der Waals surface area contributed by atoms with Crippen molar-refractivity contribution in [1.82, 2.24) is 25.8 Å². The van der Waals surface area contributed by atoms with Crippen LogP contribution >= 0.6 is 0 Å². The summed E-state index contributed by atoms with van der Waals surface area (Å²) in [5.41, 5.74) is 7.46. The van der Waals surface area contributed by atoms with E-state index in [9.17, 15) is 24.9 Å². The van der Waals surface area contributed by atoms with Crippen molar-refractivity contribution in [2.75, 3.05) is 6.61 Å². The molecule has 0 saturated carbocycles. The van der Waals surface area contributed by atoms with Gasteiger partial charge in [-0.25, -0.2) is 9.59 Å². The molecular formula is C19H24N6O6. The molecule has 0 spiro atoms. The van der Waals surface area contributed by atoms with Gasteiger partial charge in [-0.15, -0.1) is 0 Å². The lowest BCUT2D eigenvalue weighted by Crippen LogP contribution is -2.51. The third-order valence-electron chi connectivity index (χ3n) is 4.72. The normalized spacial score (nSPS) is 15.2. The Morgan fingerprint density at radius 1 is 1.29 bits per heavy atom. The fourth-order valence-electron chi connectivity index (χ4n) is 3.07. The van der Waals surface area contributed by atoms with Crippen LogP contribution in [0.5, 0.6) is 0 Å².